The third-order valence-electron chi connectivity index (χ3n) is 1.11. The molecule has 0 aliphatic heterocycles. The fraction of sp³-hybridized carbons (Fsp3) is 0.500. The summed E-state index contributed by atoms with van der Waals surface area (Å²) in [6, 6.07) is 0. The Balaban J connectivity index is 4.47. The molecule has 0 aliphatic rings. The number of carbonyl (C=O) groups is 1. The summed E-state index contributed by atoms with van der Waals surface area (Å²) in [6.45, 7) is 3.27. The number of aliphatic hydroxyl groups is 1. The van der Waals surface area contributed by atoms with Crippen LogP contribution in [0.1, 0.15) is 20.3 Å². The summed E-state index contributed by atoms with van der Waals surface area (Å²) in [5.41, 5.74) is 2.70. The largest absolute Gasteiger partial charge is 0.477 e. The van der Waals surface area contributed by atoms with E-state index < -0.39 is 12.1 Å². The van der Waals surface area contributed by atoms with Gasteiger partial charge in [-0.05, 0) is 19.4 Å². The quantitative estimate of drug-likeness (QED) is 0.472. The Labute approximate surface area is 65.7 Å². The summed E-state index contributed by atoms with van der Waals surface area (Å²) >= 11 is 0. The summed E-state index contributed by atoms with van der Waals surface area (Å²) in [5, 5.41) is 17.2. The molecule has 0 fully saturated rings. The topological polar surface area (TPSA) is 57.5 Å². The second kappa shape index (κ2) is 4.72. The van der Waals surface area contributed by atoms with Gasteiger partial charge < -0.3 is 10.2 Å². The number of rotatable bonds is 3. The maximum absolute atomic E-state index is 10.3. The van der Waals surface area contributed by atoms with Gasteiger partial charge in [-0.25, -0.2) is 4.79 Å². The van der Waals surface area contributed by atoms with Crippen LogP contribution in [-0.4, -0.2) is 22.3 Å². The standard InChI is InChI=1S/C8H12O3/c1-3-7(8(10)11)5-4-6(2)9/h4,6,9H,3H2,1-2H3,(H,10,11). The third-order valence-corrected chi connectivity index (χ3v) is 1.11. The van der Waals surface area contributed by atoms with Gasteiger partial charge in [0.15, 0.2) is 0 Å². The highest BCUT2D eigenvalue weighted by Crippen LogP contribution is 1.97. The highest BCUT2D eigenvalue weighted by molar-refractivity contribution is 5.86. The molecule has 1 unspecified atom stereocenters. The van der Waals surface area contributed by atoms with E-state index in [1.807, 2.05) is 0 Å². The Hall–Kier alpha value is -1.05. The Morgan fingerprint density at radius 2 is 2.27 bits per heavy atom. The SMILES string of the molecule is CCC(=C=CC(C)O)C(=O)O. The van der Waals surface area contributed by atoms with Gasteiger partial charge in [0.1, 0.15) is 0 Å². The first kappa shape index (κ1) is 9.95. The van der Waals surface area contributed by atoms with Crippen LogP contribution in [0.25, 0.3) is 0 Å². The number of carboxylic acid groups (broad SMARTS) is 1. The zero-order chi connectivity index (χ0) is 8.85. The lowest BCUT2D eigenvalue weighted by Gasteiger charge is -1.92. The van der Waals surface area contributed by atoms with Crippen LogP contribution in [0.15, 0.2) is 17.4 Å². The van der Waals surface area contributed by atoms with Crippen molar-refractivity contribution in [3.05, 3.63) is 17.4 Å². The number of hydrogen-bond acceptors (Lipinski definition) is 2. The minimum Gasteiger partial charge on any atom is -0.477 e. The fourth-order valence-electron chi connectivity index (χ4n) is 0.536. The van der Waals surface area contributed by atoms with Crippen molar-refractivity contribution in [1.82, 2.24) is 0 Å². The second-order valence-electron chi connectivity index (χ2n) is 2.19. The lowest BCUT2D eigenvalue weighted by atomic mass is 10.2. The maximum Gasteiger partial charge on any atom is 0.339 e. The number of aliphatic carboxylic acids is 1. The highest BCUT2D eigenvalue weighted by Gasteiger charge is 2.01. The van der Waals surface area contributed by atoms with Crippen molar-refractivity contribution in [2.24, 2.45) is 0 Å². The van der Waals surface area contributed by atoms with Gasteiger partial charge in [-0.15, -0.1) is 5.73 Å². The van der Waals surface area contributed by atoms with Gasteiger partial charge in [0, 0.05) is 0 Å². The predicted octanol–water partition coefficient (Wildman–Crippen LogP) is 0.943. The molecule has 3 nitrogen and oxygen atoms in total. The Morgan fingerprint density at radius 3 is 2.55 bits per heavy atom. The van der Waals surface area contributed by atoms with Crippen molar-refractivity contribution >= 4 is 5.97 Å². The molecule has 0 amide bonds. The van der Waals surface area contributed by atoms with E-state index in [0.717, 1.165) is 0 Å². The van der Waals surface area contributed by atoms with Crippen LogP contribution in [0.4, 0.5) is 0 Å². The minimum atomic E-state index is -0.982. The molecule has 0 bridgehead atoms. The van der Waals surface area contributed by atoms with Crippen molar-refractivity contribution in [2.45, 2.75) is 26.4 Å². The van der Waals surface area contributed by atoms with E-state index in [9.17, 15) is 4.79 Å². The summed E-state index contributed by atoms with van der Waals surface area (Å²) in [5.74, 6) is -0.982. The van der Waals surface area contributed by atoms with Crippen LogP contribution in [0.3, 0.4) is 0 Å². The normalized spacial score (nSPS) is 11.5. The van der Waals surface area contributed by atoms with E-state index in [1.165, 1.54) is 6.08 Å². The Kier molecular flexibility index (Phi) is 4.27. The van der Waals surface area contributed by atoms with Crippen molar-refractivity contribution < 1.29 is 15.0 Å². The average Bonchev–Trinajstić information content (AvgIpc) is 1.87. The Bertz CT molecular complexity index is 197. The summed E-state index contributed by atoms with van der Waals surface area (Å²) in [7, 11) is 0. The molecule has 2 N–H and O–H groups in total. The number of aliphatic hydroxyl groups excluding tert-OH is 1. The predicted molar refractivity (Wildman–Crippen MR) is 41.2 cm³/mol. The van der Waals surface area contributed by atoms with Gasteiger partial charge in [0.2, 0.25) is 0 Å². The first-order valence-corrected chi connectivity index (χ1v) is 3.45. The molecule has 0 aromatic rings. The first-order valence-electron chi connectivity index (χ1n) is 3.45. The highest BCUT2D eigenvalue weighted by atomic mass is 16.4. The molecule has 1 atom stereocenters. The van der Waals surface area contributed by atoms with Crippen molar-refractivity contribution in [3.63, 3.8) is 0 Å². The van der Waals surface area contributed by atoms with Crippen LogP contribution in [-0.2, 0) is 4.79 Å². The summed E-state index contributed by atoms with van der Waals surface area (Å²) in [6.07, 6.45) is 1.10. The molecule has 3 heteroatoms. The molecule has 0 rings (SSSR count). The molecule has 0 aliphatic carbocycles. The number of hydrogen-bond donors (Lipinski definition) is 2. The molecule has 0 saturated heterocycles. The van der Waals surface area contributed by atoms with Crippen molar-refractivity contribution in [3.8, 4) is 0 Å². The van der Waals surface area contributed by atoms with E-state index in [1.54, 1.807) is 13.8 Å². The van der Waals surface area contributed by atoms with Gasteiger partial charge >= 0.3 is 5.97 Å². The van der Waals surface area contributed by atoms with Crippen molar-refractivity contribution in [2.75, 3.05) is 0 Å². The van der Waals surface area contributed by atoms with E-state index in [2.05, 4.69) is 5.73 Å². The van der Waals surface area contributed by atoms with Crippen molar-refractivity contribution in [1.29, 1.82) is 0 Å². The smallest absolute Gasteiger partial charge is 0.339 e. The lowest BCUT2D eigenvalue weighted by Crippen LogP contribution is -1.98. The molecule has 0 aromatic carbocycles. The zero-order valence-electron chi connectivity index (χ0n) is 6.66. The molecular formula is C8H12O3. The molecule has 0 saturated carbocycles. The molecule has 11 heavy (non-hydrogen) atoms. The third kappa shape index (κ3) is 4.37. The lowest BCUT2D eigenvalue weighted by molar-refractivity contribution is -0.132. The zero-order valence-corrected chi connectivity index (χ0v) is 6.66. The first-order chi connectivity index (χ1) is 5.07. The Morgan fingerprint density at radius 1 is 1.73 bits per heavy atom. The molecule has 0 aromatic heterocycles. The van der Waals surface area contributed by atoms with Crippen LogP contribution < -0.4 is 0 Å². The van der Waals surface area contributed by atoms with E-state index >= 15 is 0 Å². The molecular weight excluding hydrogens is 144 g/mol. The van der Waals surface area contributed by atoms with Crippen LogP contribution in [0.2, 0.25) is 0 Å². The fourth-order valence-corrected chi connectivity index (χ4v) is 0.536. The summed E-state index contributed by atoms with van der Waals surface area (Å²) < 4.78 is 0. The van der Waals surface area contributed by atoms with Gasteiger partial charge in [-0.3, -0.25) is 0 Å². The molecule has 0 spiro atoms. The summed E-state index contributed by atoms with van der Waals surface area (Å²) in [4.78, 5) is 10.3. The second-order valence-corrected chi connectivity index (χ2v) is 2.19. The molecule has 0 radical (unpaired) electrons. The molecule has 62 valence electrons. The van der Waals surface area contributed by atoms with Crippen LogP contribution >= 0.6 is 0 Å². The van der Waals surface area contributed by atoms with Crippen LogP contribution in [0.5, 0.6) is 0 Å². The van der Waals surface area contributed by atoms with E-state index in [4.69, 9.17) is 10.2 Å². The maximum atomic E-state index is 10.3. The van der Waals surface area contributed by atoms with Crippen LogP contribution in [0, 0.1) is 0 Å². The van der Waals surface area contributed by atoms with Gasteiger partial charge in [-0.1, -0.05) is 6.92 Å². The van der Waals surface area contributed by atoms with E-state index in [0.29, 0.717) is 6.42 Å². The molecule has 0 heterocycles. The van der Waals surface area contributed by atoms with Gasteiger partial charge in [0.05, 0.1) is 11.7 Å². The minimum absolute atomic E-state index is 0.186. The number of carboxylic acids is 1. The monoisotopic (exact) mass is 156 g/mol. The van der Waals surface area contributed by atoms with E-state index in [-0.39, 0.29) is 5.57 Å². The average molecular weight is 156 g/mol. The van der Waals surface area contributed by atoms with Gasteiger partial charge in [-0.2, -0.15) is 0 Å². The van der Waals surface area contributed by atoms with Gasteiger partial charge in [0.25, 0.3) is 0 Å².